The zero-order valence-electron chi connectivity index (χ0n) is 10.7. The molecule has 0 spiro atoms. The van der Waals surface area contributed by atoms with Gasteiger partial charge in [0.2, 0.25) is 0 Å². The van der Waals surface area contributed by atoms with Gasteiger partial charge in [0.25, 0.3) is 0 Å². The molecular formula is C13H12FN3O2S. The molecule has 0 aliphatic heterocycles. The van der Waals surface area contributed by atoms with Crippen molar-refractivity contribution in [2.24, 2.45) is 0 Å². The fraction of sp³-hybridized carbons (Fsp3) is 0.154. The van der Waals surface area contributed by atoms with Gasteiger partial charge in [-0.15, -0.1) is 0 Å². The highest BCUT2D eigenvalue weighted by Crippen LogP contribution is 2.35. The van der Waals surface area contributed by atoms with Crippen LogP contribution in [0.4, 0.5) is 15.9 Å². The number of hydrogen-bond donors (Lipinski definition) is 1. The third-order valence-corrected chi connectivity index (χ3v) is 3.48. The topological polar surface area (TPSA) is 68.1 Å². The van der Waals surface area contributed by atoms with E-state index in [1.54, 1.807) is 18.2 Å². The molecule has 20 heavy (non-hydrogen) atoms. The van der Waals surface area contributed by atoms with Gasteiger partial charge in [-0.25, -0.2) is 9.37 Å². The van der Waals surface area contributed by atoms with Crippen LogP contribution >= 0.6 is 11.8 Å². The Kier molecular flexibility index (Phi) is 4.52. The maximum Gasteiger partial charge on any atom is 0.301 e. The van der Waals surface area contributed by atoms with Crippen LogP contribution in [0.25, 0.3) is 0 Å². The van der Waals surface area contributed by atoms with Gasteiger partial charge in [-0.2, -0.15) is 0 Å². The first-order valence-electron chi connectivity index (χ1n) is 5.93. The zero-order valence-corrected chi connectivity index (χ0v) is 11.5. The fourth-order valence-corrected chi connectivity index (χ4v) is 2.47. The minimum atomic E-state index is -0.522. The third kappa shape index (κ3) is 3.24. The van der Waals surface area contributed by atoms with E-state index in [0.29, 0.717) is 17.3 Å². The van der Waals surface area contributed by atoms with Gasteiger partial charge in [0.1, 0.15) is 11.6 Å². The SMILES string of the molecule is CCNc1ccc([N+](=O)[O-])c(Sc2ccccc2F)n1. The van der Waals surface area contributed by atoms with Crippen LogP contribution in [0.2, 0.25) is 0 Å². The van der Waals surface area contributed by atoms with Crippen LogP contribution in [0, 0.1) is 15.9 Å². The summed E-state index contributed by atoms with van der Waals surface area (Å²) in [5.74, 6) is 0.0967. The van der Waals surface area contributed by atoms with Crippen molar-refractivity contribution in [3.63, 3.8) is 0 Å². The Morgan fingerprint density at radius 3 is 2.75 bits per heavy atom. The summed E-state index contributed by atoms with van der Waals surface area (Å²) in [6.07, 6.45) is 0. The van der Waals surface area contributed by atoms with Gasteiger partial charge >= 0.3 is 5.69 Å². The number of nitrogens with zero attached hydrogens (tertiary/aromatic N) is 2. The standard InChI is InChI=1S/C13H12FN3O2S/c1-2-15-12-8-7-10(17(18)19)13(16-12)20-11-6-4-3-5-9(11)14/h3-8H,2H2,1H3,(H,15,16). The number of hydrogen-bond acceptors (Lipinski definition) is 5. The molecule has 0 aliphatic rings. The van der Waals surface area contributed by atoms with Crippen molar-refractivity contribution in [2.75, 3.05) is 11.9 Å². The normalized spacial score (nSPS) is 10.3. The third-order valence-electron chi connectivity index (χ3n) is 2.44. The van der Waals surface area contributed by atoms with Gasteiger partial charge in [-0.05, 0) is 25.1 Å². The number of halogens is 1. The fourth-order valence-electron chi connectivity index (χ4n) is 1.56. The Bertz CT molecular complexity index is 637. The van der Waals surface area contributed by atoms with Crippen molar-refractivity contribution in [3.8, 4) is 0 Å². The van der Waals surface area contributed by atoms with Gasteiger partial charge in [0.15, 0.2) is 5.03 Å². The Labute approximate surface area is 119 Å². The summed E-state index contributed by atoms with van der Waals surface area (Å²) in [5.41, 5.74) is -0.139. The van der Waals surface area contributed by atoms with E-state index in [9.17, 15) is 14.5 Å². The lowest BCUT2D eigenvalue weighted by atomic mass is 10.3. The van der Waals surface area contributed by atoms with E-state index in [1.165, 1.54) is 18.2 Å². The number of aromatic nitrogens is 1. The molecule has 0 radical (unpaired) electrons. The lowest BCUT2D eigenvalue weighted by Crippen LogP contribution is -2.01. The molecule has 0 amide bonds. The molecular weight excluding hydrogens is 281 g/mol. The highest BCUT2D eigenvalue weighted by atomic mass is 32.2. The predicted octanol–water partition coefficient (Wildman–Crippen LogP) is 3.71. The Hall–Kier alpha value is -2.15. The molecule has 0 saturated heterocycles. The first-order chi connectivity index (χ1) is 9.61. The van der Waals surface area contributed by atoms with Crippen molar-refractivity contribution in [1.29, 1.82) is 0 Å². The zero-order chi connectivity index (χ0) is 14.5. The lowest BCUT2D eigenvalue weighted by Gasteiger charge is -2.06. The van der Waals surface area contributed by atoms with Gasteiger partial charge in [0, 0.05) is 17.5 Å². The van der Waals surface area contributed by atoms with E-state index >= 15 is 0 Å². The molecule has 0 saturated carbocycles. The summed E-state index contributed by atoms with van der Waals surface area (Å²) in [4.78, 5) is 14.9. The van der Waals surface area contributed by atoms with E-state index in [-0.39, 0.29) is 10.7 Å². The van der Waals surface area contributed by atoms with Crippen LogP contribution in [0.3, 0.4) is 0 Å². The minimum absolute atomic E-state index is 0.139. The molecule has 0 fully saturated rings. The second kappa shape index (κ2) is 6.33. The monoisotopic (exact) mass is 293 g/mol. The molecule has 5 nitrogen and oxygen atoms in total. The molecule has 0 atom stereocenters. The lowest BCUT2D eigenvalue weighted by molar-refractivity contribution is -0.388. The molecule has 1 heterocycles. The predicted molar refractivity (Wildman–Crippen MR) is 75.6 cm³/mol. The molecule has 1 N–H and O–H groups in total. The second-order valence-electron chi connectivity index (χ2n) is 3.84. The molecule has 2 aromatic rings. The van der Waals surface area contributed by atoms with Crippen LogP contribution in [0.1, 0.15) is 6.92 Å². The van der Waals surface area contributed by atoms with E-state index in [1.807, 2.05) is 6.92 Å². The van der Waals surface area contributed by atoms with Crippen LogP contribution in [0.5, 0.6) is 0 Å². The first kappa shape index (κ1) is 14.3. The average Bonchev–Trinajstić information content (AvgIpc) is 2.42. The highest BCUT2D eigenvalue weighted by molar-refractivity contribution is 7.99. The maximum atomic E-state index is 13.6. The Morgan fingerprint density at radius 2 is 2.10 bits per heavy atom. The molecule has 2 rings (SSSR count). The van der Waals surface area contributed by atoms with Crippen LogP contribution in [-0.2, 0) is 0 Å². The van der Waals surface area contributed by atoms with E-state index in [2.05, 4.69) is 10.3 Å². The molecule has 0 bridgehead atoms. The van der Waals surface area contributed by atoms with Gasteiger partial charge < -0.3 is 5.32 Å². The molecule has 0 aliphatic carbocycles. The first-order valence-corrected chi connectivity index (χ1v) is 6.75. The second-order valence-corrected chi connectivity index (χ2v) is 4.87. The summed E-state index contributed by atoms with van der Waals surface area (Å²) < 4.78 is 13.6. The van der Waals surface area contributed by atoms with Gasteiger partial charge in [0.05, 0.1) is 4.92 Å². The molecule has 7 heteroatoms. The van der Waals surface area contributed by atoms with Crippen molar-refractivity contribution >= 4 is 23.3 Å². The average molecular weight is 293 g/mol. The highest BCUT2D eigenvalue weighted by Gasteiger charge is 2.18. The maximum absolute atomic E-state index is 13.6. The summed E-state index contributed by atoms with van der Waals surface area (Å²) in [5, 5.41) is 14.1. The number of nitro groups is 1. The van der Waals surface area contributed by atoms with Crippen LogP contribution in [-0.4, -0.2) is 16.5 Å². The van der Waals surface area contributed by atoms with Crippen molar-refractivity contribution in [2.45, 2.75) is 16.8 Å². The summed E-state index contributed by atoms with van der Waals surface area (Å²) in [6.45, 7) is 2.54. The minimum Gasteiger partial charge on any atom is -0.370 e. The summed E-state index contributed by atoms with van der Waals surface area (Å²) in [7, 11) is 0. The quantitative estimate of drug-likeness (QED) is 0.672. The smallest absolute Gasteiger partial charge is 0.301 e. The van der Waals surface area contributed by atoms with Crippen LogP contribution in [0.15, 0.2) is 46.3 Å². The Balaban J connectivity index is 2.40. The Morgan fingerprint density at radius 1 is 1.35 bits per heavy atom. The number of nitrogens with one attached hydrogen (secondary N) is 1. The van der Waals surface area contributed by atoms with Crippen molar-refractivity contribution in [1.82, 2.24) is 4.98 Å². The molecule has 0 unspecified atom stereocenters. The number of anilines is 1. The van der Waals surface area contributed by atoms with E-state index < -0.39 is 10.7 Å². The van der Waals surface area contributed by atoms with Crippen molar-refractivity contribution < 1.29 is 9.31 Å². The van der Waals surface area contributed by atoms with Crippen LogP contribution < -0.4 is 5.32 Å². The summed E-state index contributed by atoms with van der Waals surface area (Å²) in [6, 6.07) is 9.01. The number of benzene rings is 1. The summed E-state index contributed by atoms with van der Waals surface area (Å²) >= 11 is 0.941. The largest absolute Gasteiger partial charge is 0.370 e. The van der Waals surface area contributed by atoms with E-state index in [4.69, 9.17) is 0 Å². The molecule has 1 aromatic heterocycles. The van der Waals surface area contributed by atoms with E-state index in [0.717, 1.165) is 11.8 Å². The van der Waals surface area contributed by atoms with Gasteiger partial charge in [-0.1, -0.05) is 23.9 Å². The van der Waals surface area contributed by atoms with Gasteiger partial charge in [-0.3, -0.25) is 10.1 Å². The number of rotatable bonds is 5. The molecule has 1 aromatic carbocycles. The van der Waals surface area contributed by atoms with Crippen molar-refractivity contribution in [3.05, 3.63) is 52.3 Å². The molecule has 104 valence electrons. The number of pyridine rings is 1.